The highest BCUT2D eigenvalue weighted by Gasteiger charge is 2.11. The Morgan fingerprint density at radius 2 is 1.87 bits per heavy atom. The van der Waals surface area contributed by atoms with Crippen LogP contribution < -0.4 is 15.0 Å². The molecule has 0 atom stereocenters. The number of imidazole rings is 1. The number of fused-ring (bicyclic) bond motifs is 1. The van der Waals surface area contributed by atoms with Gasteiger partial charge in [0.25, 0.3) is 0 Å². The number of nitrogens with one attached hydrogen (secondary N) is 1. The number of nitrogens with zero attached hydrogens (tertiary/aromatic N) is 3. The maximum absolute atomic E-state index is 12.4. The summed E-state index contributed by atoms with van der Waals surface area (Å²) < 4.78 is 7.29. The highest BCUT2D eigenvalue weighted by atomic mass is 32.1. The van der Waals surface area contributed by atoms with Gasteiger partial charge >= 0.3 is 0 Å². The van der Waals surface area contributed by atoms with Gasteiger partial charge in [0.15, 0.2) is 4.96 Å². The van der Waals surface area contributed by atoms with Gasteiger partial charge in [-0.2, -0.15) is 0 Å². The minimum absolute atomic E-state index is 0.00227. The summed E-state index contributed by atoms with van der Waals surface area (Å²) in [5.41, 5.74) is 4.94. The fourth-order valence-electron chi connectivity index (χ4n) is 3.22. The van der Waals surface area contributed by atoms with E-state index in [2.05, 4.69) is 15.1 Å². The van der Waals surface area contributed by atoms with Gasteiger partial charge in [0.05, 0.1) is 12.8 Å². The average molecular weight is 421 g/mol. The van der Waals surface area contributed by atoms with E-state index in [1.807, 2.05) is 73.7 Å². The smallest absolute Gasteiger partial charge is 0.224 e. The maximum Gasteiger partial charge on any atom is 0.224 e. The van der Waals surface area contributed by atoms with Gasteiger partial charge in [0.1, 0.15) is 5.75 Å². The zero-order chi connectivity index (χ0) is 21.1. The van der Waals surface area contributed by atoms with Crippen molar-refractivity contribution in [2.24, 2.45) is 0 Å². The molecule has 6 nitrogen and oxygen atoms in total. The lowest BCUT2D eigenvalue weighted by Crippen LogP contribution is -2.13. The topological polar surface area (TPSA) is 58.9 Å². The number of methoxy groups -OCH3 is 1. The molecule has 4 rings (SSSR count). The Morgan fingerprint density at radius 1 is 1.13 bits per heavy atom. The van der Waals surface area contributed by atoms with E-state index in [1.54, 1.807) is 18.4 Å². The Bertz CT molecular complexity index is 1140. The number of amides is 1. The number of benzene rings is 2. The molecule has 0 bridgehead atoms. The summed E-state index contributed by atoms with van der Waals surface area (Å²) in [5, 5.41) is 5.04. The molecule has 0 fully saturated rings. The number of rotatable bonds is 7. The Balaban J connectivity index is 1.41. The van der Waals surface area contributed by atoms with Crippen molar-refractivity contribution in [3.63, 3.8) is 0 Å². The Morgan fingerprint density at radius 3 is 2.53 bits per heavy atom. The first kappa shape index (κ1) is 20.0. The molecule has 0 aliphatic rings. The fraction of sp³-hybridized carbons (Fsp3) is 0.217. The standard InChI is InChI=1S/C23H24N4O2S/c1-26(2)18-8-6-17(7-9-18)24-22(28)13-10-19-15-30-23-25-21(14-27(19)23)16-4-11-20(29-3)12-5-16/h4-9,11-12,14-15H,10,13H2,1-3H3,(H,24,28). The molecule has 154 valence electrons. The molecule has 0 unspecified atom stereocenters. The van der Waals surface area contributed by atoms with Crippen molar-refractivity contribution < 1.29 is 9.53 Å². The lowest BCUT2D eigenvalue weighted by atomic mass is 10.1. The second kappa shape index (κ2) is 8.59. The van der Waals surface area contributed by atoms with Crippen LogP contribution in [-0.2, 0) is 11.2 Å². The molecule has 30 heavy (non-hydrogen) atoms. The van der Waals surface area contributed by atoms with Crippen LogP contribution in [0.25, 0.3) is 16.2 Å². The molecule has 0 aliphatic carbocycles. The van der Waals surface area contributed by atoms with Crippen LogP contribution in [0.4, 0.5) is 11.4 Å². The number of hydrogen-bond acceptors (Lipinski definition) is 5. The third-order valence-electron chi connectivity index (χ3n) is 4.94. The summed E-state index contributed by atoms with van der Waals surface area (Å²) in [5.74, 6) is 0.824. The number of aromatic nitrogens is 2. The van der Waals surface area contributed by atoms with E-state index in [0.717, 1.165) is 39.0 Å². The normalized spacial score (nSPS) is 10.9. The first-order valence-electron chi connectivity index (χ1n) is 9.70. The summed E-state index contributed by atoms with van der Waals surface area (Å²) >= 11 is 1.59. The largest absolute Gasteiger partial charge is 0.497 e. The van der Waals surface area contributed by atoms with Gasteiger partial charge < -0.3 is 15.0 Å². The number of thiazole rings is 1. The van der Waals surface area contributed by atoms with Gasteiger partial charge in [-0.3, -0.25) is 9.20 Å². The van der Waals surface area contributed by atoms with Gasteiger partial charge in [0.2, 0.25) is 5.91 Å². The molecule has 1 N–H and O–H groups in total. The number of ether oxygens (including phenoxy) is 1. The van der Waals surface area contributed by atoms with Crippen LogP contribution in [0.15, 0.2) is 60.1 Å². The quantitative estimate of drug-likeness (QED) is 0.470. The molecule has 1 amide bonds. The van der Waals surface area contributed by atoms with Crippen molar-refractivity contribution in [1.82, 2.24) is 9.38 Å². The number of carbonyl (C=O) groups is 1. The lowest BCUT2D eigenvalue weighted by Gasteiger charge is -2.13. The summed E-state index contributed by atoms with van der Waals surface area (Å²) in [7, 11) is 5.64. The third kappa shape index (κ3) is 4.31. The van der Waals surface area contributed by atoms with E-state index in [1.165, 1.54) is 0 Å². The van der Waals surface area contributed by atoms with Crippen molar-refractivity contribution >= 4 is 33.6 Å². The van der Waals surface area contributed by atoms with Crippen molar-refractivity contribution in [2.75, 3.05) is 31.4 Å². The second-order valence-corrected chi connectivity index (χ2v) is 8.06. The molecule has 0 aliphatic heterocycles. The maximum atomic E-state index is 12.4. The molecule has 2 aromatic heterocycles. The average Bonchev–Trinajstić information content (AvgIpc) is 3.34. The second-order valence-electron chi connectivity index (χ2n) is 7.22. The minimum atomic E-state index is 0.00227. The summed E-state index contributed by atoms with van der Waals surface area (Å²) in [6.45, 7) is 0. The van der Waals surface area contributed by atoms with Crippen LogP contribution >= 0.6 is 11.3 Å². The predicted octanol–water partition coefficient (Wildman–Crippen LogP) is 4.71. The van der Waals surface area contributed by atoms with E-state index in [0.29, 0.717) is 12.8 Å². The number of anilines is 2. The van der Waals surface area contributed by atoms with Crippen molar-refractivity contribution in [3.05, 3.63) is 65.8 Å². The summed E-state index contributed by atoms with van der Waals surface area (Å²) in [6, 6.07) is 15.7. The van der Waals surface area contributed by atoms with E-state index in [-0.39, 0.29) is 5.91 Å². The molecule has 0 saturated heterocycles. The third-order valence-corrected chi connectivity index (χ3v) is 5.83. The molecule has 0 spiro atoms. The Hall–Kier alpha value is -3.32. The highest BCUT2D eigenvalue weighted by molar-refractivity contribution is 7.15. The predicted molar refractivity (Wildman–Crippen MR) is 123 cm³/mol. The van der Waals surface area contributed by atoms with Crippen LogP contribution in [-0.4, -0.2) is 36.5 Å². The number of hydrogen-bond donors (Lipinski definition) is 1. The van der Waals surface area contributed by atoms with E-state index in [4.69, 9.17) is 9.72 Å². The van der Waals surface area contributed by atoms with Crippen molar-refractivity contribution in [2.45, 2.75) is 12.8 Å². The van der Waals surface area contributed by atoms with Gasteiger partial charge in [-0.25, -0.2) is 4.98 Å². The Labute approximate surface area is 179 Å². The SMILES string of the molecule is COc1ccc(-c2cn3c(CCC(=O)Nc4ccc(N(C)C)cc4)csc3n2)cc1. The monoisotopic (exact) mass is 420 g/mol. The Kier molecular flexibility index (Phi) is 5.72. The van der Waals surface area contributed by atoms with Crippen LogP contribution in [0.2, 0.25) is 0 Å². The van der Waals surface area contributed by atoms with E-state index < -0.39 is 0 Å². The van der Waals surface area contributed by atoms with Crippen molar-refractivity contribution in [3.8, 4) is 17.0 Å². The molecule has 7 heteroatoms. The molecular weight excluding hydrogens is 396 g/mol. The number of aryl methyl sites for hydroxylation is 1. The van der Waals surface area contributed by atoms with Crippen LogP contribution in [0.5, 0.6) is 5.75 Å². The zero-order valence-corrected chi connectivity index (χ0v) is 18.1. The van der Waals surface area contributed by atoms with Gasteiger partial charge in [-0.15, -0.1) is 11.3 Å². The van der Waals surface area contributed by atoms with Crippen molar-refractivity contribution in [1.29, 1.82) is 0 Å². The lowest BCUT2D eigenvalue weighted by molar-refractivity contribution is -0.116. The molecule has 4 aromatic rings. The molecule has 2 aromatic carbocycles. The zero-order valence-electron chi connectivity index (χ0n) is 17.3. The molecule has 0 saturated carbocycles. The fourth-order valence-corrected chi connectivity index (χ4v) is 4.13. The minimum Gasteiger partial charge on any atom is -0.497 e. The van der Waals surface area contributed by atoms with Gasteiger partial charge in [-0.05, 0) is 55.0 Å². The molecule has 2 heterocycles. The highest BCUT2D eigenvalue weighted by Crippen LogP contribution is 2.26. The van der Waals surface area contributed by atoms with Crippen LogP contribution in [0, 0.1) is 0 Å². The van der Waals surface area contributed by atoms with E-state index >= 15 is 0 Å². The first-order chi connectivity index (χ1) is 14.5. The summed E-state index contributed by atoms with van der Waals surface area (Å²) in [6.07, 6.45) is 3.10. The van der Waals surface area contributed by atoms with Crippen LogP contribution in [0.1, 0.15) is 12.1 Å². The number of carbonyl (C=O) groups excluding carboxylic acids is 1. The van der Waals surface area contributed by atoms with Gasteiger partial charge in [-0.1, -0.05) is 0 Å². The molecular formula is C23H24N4O2S. The first-order valence-corrected chi connectivity index (χ1v) is 10.6. The summed E-state index contributed by atoms with van der Waals surface area (Å²) in [4.78, 5) is 20.1. The van der Waals surface area contributed by atoms with Gasteiger partial charge in [0, 0.05) is 54.7 Å². The molecule has 0 radical (unpaired) electrons. The van der Waals surface area contributed by atoms with E-state index in [9.17, 15) is 4.79 Å². The van der Waals surface area contributed by atoms with Crippen LogP contribution in [0.3, 0.4) is 0 Å².